The average molecular weight is 209 g/mol. The van der Waals surface area contributed by atoms with Crippen molar-refractivity contribution in [2.24, 2.45) is 18.7 Å². The summed E-state index contributed by atoms with van der Waals surface area (Å²) in [6, 6.07) is 0. The van der Waals surface area contributed by atoms with Crippen molar-refractivity contribution in [3.8, 4) is 0 Å². The molecule has 0 aromatic carbocycles. The van der Waals surface area contributed by atoms with Gasteiger partial charge in [0.05, 0.1) is 11.8 Å². The largest absolute Gasteiger partial charge is 0.330 e. The zero-order chi connectivity index (χ0) is 11.3. The highest BCUT2D eigenvalue weighted by molar-refractivity contribution is 5.95. The molecule has 0 aliphatic rings. The summed E-state index contributed by atoms with van der Waals surface area (Å²) >= 11 is 0. The predicted octanol–water partition coefficient (Wildman–Crippen LogP) is 1.37. The van der Waals surface area contributed by atoms with Gasteiger partial charge in [-0.1, -0.05) is 6.92 Å². The van der Waals surface area contributed by atoms with E-state index < -0.39 is 0 Å². The fraction of sp³-hybridized carbons (Fsp3) is 0.636. The van der Waals surface area contributed by atoms with Crippen molar-refractivity contribution in [3.63, 3.8) is 0 Å². The van der Waals surface area contributed by atoms with Crippen LogP contribution in [0.1, 0.15) is 36.5 Å². The van der Waals surface area contributed by atoms with Gasteiger partial charge in [-0.3, -0.25) is 9.48 Å². The molecule has 2 N–H and O–H groups in total. The van der Waals surface area contributed by atoms with Crippen LogP contribution in [0.3, 0.4) is 0 Å². The molecule has 0 spiro atoms. The summed E-state index contributed by atoms with van der Waals surface area (Å²) in [5.74, 6) is 0.697. The van der Waals surface area contributed by atoms with Crippen LogP contribution in [0.5, 0.6) is 0 Å². The van der Waals surface area contributed by atoms with E-state index in [2.05, 4.69) is 12.0 Å². The molecule has 84 valence electrons. The van der Waals surface area contributed by atoms with Crippen LogP contribution >= 0.6 is 0 Å². The van der Waals surface area contributed by atoms with E-state index in [9.17, 15) is 4.79 Å². The molecule has 1 aromatic rings. The molecule has 1 aromatic heterocycles. The topological polar surface area (TPSA) is 60.9 Å². The van der Waals surface area contributed by atoms with Gasteiger partial charge in [0.1, 0.15) is 0 Å². The van der Waals surface area contributed by atoms with Crippen molar-refractivity contribution >= 4 is 5.78 Å². The third-order valence-electron chi connectivity index (χ3n) is 2.55. The summed E-state index contributed by atoms with van der Waals surface area (Å²) < 4.78 is 1.65. The Kier molecular flexibility index (Phi) is 4.49. The molecular weight excluding hydrogens is 190 g/mol. The van der Waals surface area contributed by atoms with E-state index in [4.69, 9.17) is 5.73 Å². The van der Waals surface area contributed by atoms with Crippen LogP contribution in [-0.4, -0.2) is 22.1 Å². The Hall–Kier alpha value is -1.16. The SMILES string of the molecule is CC(CCN)CCC(=O)c1cnn(C)c1. The lowest BCUT2D eigenvalue weighted by Crippen LogP contribution is -2.08. The summed E-state index contributed by atoms with van der Waals surface area (Å²) in [5.41, 5.74) is 6.16. The zero-order valence-corrected chi connectivity index (χ0v) is 9.44. The monoisotopic (exact) mass is 209 g/mol. The highest BCUT2D eigenvalue weighted by atomic mass is 16.1. The van der Waals surface area contributed by atoms with Crippen molar-refractivity contribution in [1.82, 2.24) is 9.78 Å². The first kappa shape index (κ1) is 11.9. The fourth-order valence-electron chi connectivity index (χ4n) is 1.52. The van der Waals surface area contributed by atoms with Gasteiger partial charge in [0.25, 0.3) is 0 Å². The summed E-state index contributed by atoms with van der Waals surface area (Å²) in [4.78, 5) is 11.7. The molecular formula is C11H19N3O. The van der Waals surface area contributed by atoms with E-state index in [0.717, 1.165) is 12.8 Å². The number of carbonyl (C=O) groups excluding carboxylic acids is 1. The van der Waals surface area contributed by atoms with Crippen molar-refractivity contribution in [2.75, 3.05) is 6.54 Å². The number of carbonyl (C=O) groups is 1. The average Bonchev–Trinajstić information content (AvgIpc) is 2.62. The highest BCUT2D eigenvalue weighted by Gasteiger charge is 2.09. The van der Waals surface area contributed by atoms with Crippen LogP contribution in [0.25, 0.3) is 0 Å². The van der Waals surface area contributed by atoms with Crippen LogP contribution in [0.2, 0.25) is 0 Å². The Morgan fingerprint density at radius 1 is 1.60 bits per heavy atom. The van der Waals surface area contributed by atoms with E-state index in [1.807, 2.05) is 7.05 Å². The van der Waals surface area contributed by atoms with Crippen LogP contribution in [-0.2, 0) is 7.05 Å². The number of ketones is 1. The van der Waals surface area contributed by atoms with Gasteiger partial charge >= 0.3 is 0 Å². The standard InChI is InChI=1S/C11H19N3O/c1-9(5-6-12)3-4-11(15)10-7-13-14(2)8-10/h7-9H,3-6,12H2,1-2H3. The number of nitrogens with two attached hydrogens (primary N) is 1. The van der Waals surface area contributed by atoms with Crippen LogP contribution in [0.15, 0.2) is 12.4 Å². The molecule has 0 aliphatic carbocycles. The number of hydrogen-bond acceptors (Lipinski definition) is 3. The van der Waals surface area contributed by atoms with Gasteiger partial charge in [0.15, 0.2) is 5.78 Å². The molecule has 0 radical (unpaired) electrons. The molecule has 15 heavy (non-hydrogen) atoms. The number of aryl methyl sites for hydroxylation is 1. The van der Waals surface area contributed by atoms with Crippen LogP contribution in [0, 0.1) is 5.92 Å². The molecule has 1 atom stereocenters. The first-order chi connectivity index (χ1) is 7.13. The Morgan fingerprint density at radius 2 is 2.33 bits per heavy atom. The smallest absolute Gasteiger partial charge is 0.166 e. The summed E-state index contributed by atoms with van der Waals surface area (Å²) in [5, 5.41) is 3.98. The van der Waals surface area contributed by atoms with E-state index in [-0.39, 0.29) is 5.78 Å². The van der Waals surface area contributed by atoms with Crippen LogP contribution in [0.4, 0.5) is 0 Å². The lowest BCUT2D eigenvalue weighted by molar-refractivity contribution is 0.0974. The molecule has 0 saturated heterocycles. The van der Waals surface area contributed by atoms with E-state index in [1.54, 1.807) is 17.1 Å². The van der Waals surface area contributed by atoms with Gasteiger partial charge in [-0.15, -0.1) is 0 Å². The van der Waals surface area contributed by atoms with Gasteiger partial charge < -0.3 is 5.73 Å². The molecule has 1 heterocycles. The van der Waals surface area contributed by atoms with Crippen molar-refractivity contribution < 1.29 is 4.79 Å². The Balaban J connectivity index is 2.36. The van der Waals surface area contributed by atoms with Gasteiger partial charge in [0.2, 0.25) is 0 Å². The Bertz CT molecular complexity index is 319. The third-order valence-corrected chi connectivity index (χ3v) is 2.55. The maximum Gasteiger partial charge on any atom is 0.166 e. The molecule has 0 amide bonds. The van der Waals surface area contributed by atoms with Gasteiger partial charge in [0, 0.05) is 19.7 Å². The highest BCUT2D eigenvalue weighted by Crippen LogP contribution is 2.12. The molecule has 0 aliphatic heterocycles. The first-order valence-electron chi connectivity index (χ1n) is 5.35. The molecule has 1 unspecified atom stereocenters. The zero-order valence-electron chi connectivity index (χ0n) is 9.44. The second-order valence-electron chi connectivity index (χ2n) is 4.05. The maximum absolute atomic E-state index is 11.7. The van der Waals surface area contributed by atoms with E-state index in [1.165, 1.54) is 0 Å². The minimum absolute atomic E-state index is 0.173. The fourth-order valence-corrected chi connectivity index (χ4v) is 1.52. The minimum atomic E-state index is 0.173. The first-order valence-corrected chi connectivity index (χ1v) is 5.35. The number of nitrogens with zero attached hydrogens (tertiary/aromatic N) is 2. The number of rotatable bonds is 6. The molecule has 0 saturated carbocycles. The molecule has 4 heteroatoms. The van der Waals surface area contributed by atoms with Crippen molar-refractivity contribution in [1.29, 1.82) is 0 Å². The Labute approximate surface area is 90.5 Å². The number of Topliss-reactive ketones (excluding diaryl/α,β-unsaturated/α-hetero) is 1. The lowest BCUT2D eigenvalue weighted by Gasteiger charge is -2.07. The van der Waals surface area contributed by atoms with Gasteiger partial charge in [-0.05, 0) is 25.3 Å². The van der Waals surface area contributed by atoms with E-state index >= 15 is 0 Å². The second kappa shape index (κ2) is 5.66. The minimum Gasteiger partial charge on any atom is -0.330 e. The maximum atomic E-state index is 11.7. The van der Waals surface area contributed by atoms with E-state index in [0.29, 0.717) is 24.4 Å². The summed E-state index contributed by atoms with van der Waals surface area (Å²) in [6.45, 7) is 2.83. The number of aromatic nitrogens is 2. The summed E-state index contributed by atoms with van der Waals surface area (Å²) in [7, 11) is 1.81. The van der Waals surface area contributed by atoms with Crippen molar-refractivity contribution in [3.05, 3.63) is 18.0 Å². The molecule has 0 bridgehead atoms. The van der Waals surface area contributed by atoms with Gasteiger partial charge in [-0.25, -0.2) is 0 Å². The second-order valence-corrected chi connectivity index (χ2v) is 4.05. The normalized spacial score (nSPS) is 12.7. The Morgan fingerprint density at radius 3 is 2.87 bits per heavy atom. The summed E-state index contributed by atoms with van der Waals surface area (Å²) in [6.07, 6.45) is 5.87. The predicted molar refractivity (Wildman–Crippen MR) is 59.6 cm³/mol. The lowest BCUT2D eigenvalue weighted by atomic mass is 9.99. The van der Waals surface area contributed by atoms with Gasteiger partial charge in [-0.2, -0.15) is 5.10 Å². The molecule has 1 rings (SSSR count). The quantitative estimate of drug-likeness (QED) is 0.720. The van der Waals surface area contributed by atoms with Crippen molar-refractivity contribution in [2.45, 2.75) is 26.2 Å². The molecule has 0 fully saturated rings. The molecule has 4 nitrogen and oxygen atoms in total. The van der Waals surface area contributed by atoms with Crippen LogP contribution < -0.4 is 5.73 Å². The third kappa shape index (κ3) is 3.83. The number of hydrogen-bond donors (Lipinski definition) is 1.